The number of aromatic hydroxyl groups is 2. The van der Waals surface area contributed by atoms with Crippen molar-refractivity contribution in [2.75, 3.05) is 0 Å². The first-order valence-corrected chi connectivity index (χ1v) is 8.23. The predicted molar refractivity (Wildman–Crippen MR) is 99.0 cm³/mol. The molecule has 0 aliphatic carbocycles. The molecule has 0 fully saturated rings. The van der Waals surface area contributed by atoms with E-state index in [2.05, 4.69) is 46.4 Å². The third-order valence-electron chi connectivity index (χ3n) is 4.33. The van der Waals surface area contributed by atoms with Crippen molar-refractivity contribution >= 4 is 0 Å². The molecule has 0 radical (unpaired) electrons. The quantitative estimate of drug-likeness (QED) is 0.455. The summed E-state index contributed by atoms with van der Waals surface area (Å²) in [5.41, 5.74) is 3.52. The van der Waals surface area contributed by atoms with Crippen molar-refractivity contribution < 1.29 is 10.2 Å². The van der Waals surface area contributed by atoms with E-state index in [4.69, 9.17) is 0 Å². The lowest BCUT2D eigenvalue weighted by Gasteiger charge is -2.26. The van der Waals surface area contributed by atoms with Crippen molar-refractivity contribution in [3.8, 4) is 11.5 Å². The molecule has 0 amide bonds. The minimum absolute atomic E-state index is 0.0796. The van der Waals surface area contributed by atoms with Gasteiger partial charge in [-0.1, -0.05) is 42.4 Å². The van der Waals surface area contributed by atoms with Crippen LogP contribution in [0.25, 0.3) is 0 Å². The summed E-state index contributed by atoms with van der Waals surface area (Å²) in [5, 5.41) is 19.2. The van der Waals surface area contributed by atoms with E-state index in [1.165, 1.54) is 17.2 Å². The summed E-state index contributed by atoms with van der Waals surface area (Å²) >= 11 is 0. The highest BCUT2D eigenvalue weighted by atomic mass is 16.3. The monoisotopic (exact) mass is 314 g/mol. The largest absolute Gasteiger partial charge is 0.504 e. The zero-order chi connectivity index (χ0) is 17.5. The predicted octanol–water partition coefficient (Wildman–Crippen LogP) is 6.01. The summed E-state index contributed by atoms with van der Waals surface area (Å²) in [6, 6.07) is 5.01. The topological polar surface area (TPSA) is 40.5 Å². The smallest absolute Gasteiger partial charge is 0.157 e. The van der Waals surface area contributed by atoms with Gasteiger partial charge in [-0.2, -0.15) is 0 Å². The first kappa shape index (κ1) is 19.1. The van der Waals surface area contributed by atoms with Gasteiger partial charge in [-0.05, 0) is 64.2 Å². The molecule has 0 aliphatic heterocycles. The third-order valence-corrected chi connectivity index (χ3v) is 4.33. The van der Waals surface area contributed by atoms with E-state index in [-0.39, 0.29) is 16.9 Å². The second-order valence-electron chi connectivity index (χ2n) is 6.73. The highest BCUT2D eigenvalue weighted by molar-refractivity contribution is 5.44. The van der Waals surface area contributed by atoms with E-state index < -0.39 is 0 Å². The van der Waals surface area contributed by atoms with Crippen molar-refractivity contribution in [1.29, 1.82) is 0 Å². The van der Waals surface area contributed by atoms with Crippen LogP contribution in [0.15, 0.2) is 54.2 Å². The molecule has 1 atom stereocenters. The Kier molecular flexibility index (Phi) is 7.15. The van der Waals surface area contributed by atoms with Crippen LogP contribution in [-0.4, -0.2) is 10.2 Å². The summed E-state index contributed by atoms with van der Waals surface area (Å²) in [5.74, 6) is -0.167. The van der Waals surface area contributed by atoms with Gasteiger partial charge in [0, 0.05) is 5.41 Å². The van der Waals surface area contributed by atoms with Gasteiger partial charge in [0.15, 0.2) is 11.5 Å². The number of phenols is 2. The van der Waals surface area contributed by atoms with Crippen LogP contribution in [0.1, 0.15) is 58.9 Å². The van der Waals surface area contributed by atoms with Crippen molar-refractivity contribution in [3.63, 3.8) is 0 Å². The Balaban J connectivity index is 2.70. The second-order valence-corrected chi connectivity index (χ2v) is 6.73. The Morgan fingerprint density at radius 3 is 2.35 bits per heavy atom. The molecule has 0 spiro atoms. The van der Waals surface area contributed by atoms with E-state index in [0.717, 1.165) is 31.2 Å². The first-order chi connectivity index (χ1) is 10.8. The van der Waals surface area contributed by atoms with Crippen molar-refractivity contribution in [1.82, 2.24) is 0 Å². The van der Waals surface area contributed by atoms with Gasteiger partial charge in [0.1, 0.15) is 0 Å². The van der Waals surface area contributed by atoms with Gasteiger partial charge >= 0.3 is 0 Å². The first-order valence-electron chi connectivity index (χ1n) is 8.23. The zero-order valence-corrected chi connectivity index (χ0v) is 14.9. The van der Waals surface area contributed by atoms with Crippen LogP contribution in [0.5, 0.6) is 11.5 Å². The van der Waals surface area contributed by atoms with Gasteiger partial charge in [0.25, 0.3) is 0 Å². The molecule has 1 aromatic rings. The standard InChI is InChI=1S/C21H30O2/c1-6-21(5,18-12-13-19(22)20(23)15-18)14-8-11-17(4)10-7-9-16(2)3/h6,9,11-13,15,22-23H,1,7-8,10,14H2,2-5H3/b17-11+/t21-/m0/s1. The van der Waals surface area contributed by atoms with Gasteiger partial charge in [-0.15, -0.1) is 6.58 Å². The highest BCUT2D eigenvalue weighted by Gasteiger charge is 2.23. The zero-order valence-electron chi connectivity index (χ0n) is 14.9. The van der Waals surface area contributed by atoms with Crippen LogP contribution in [0, 0.1) is 0 Å². The SMILES string of the molecule is C=C[C@@](C)(CC/C=C(\C)CCC=C(C)C)c1ccc(O)c(O)c1. The van der Waals surface area contributed by atoms with Gasteiger partial charge in [-0.3, -0.25) is 0 Å². The lowest BCUT2D eigenvalue weighted by molar-refractivity contribution is 0.401. The van der Waals surface area contributed by atoms with E-state index in [9.17, 15) is 10.2 Å². The molecule has 2 nitrogen and oxygen atoms in total. The van der Waals surface area contributed by atoms with Crippen molar-refractivity contribution in [2.45, 2.75) is 58.8 Å². The van der Waals surface area contributed by atoms with E-state index in [1.54, 1.807) is 6.07 Å². The average Bonchev–Trinajstić information content (AvgIpc) is 2.49. The normalized spacial score (nSPS) is 14.2. The fourth-order valence-corrected chi connectivity index (χ4v) is 2.55. The summed E-state index contributed by atoms with van der Waals surface area (Å²) in [7, 11) is 0. The minimum atomic E-state index is -0.220. The Hall–Kier alpha value is -1.96. The van der Waals surface area contributed by atoms with Crippen LogP contribution in [-0.2, 0) is 5.41 Å². The molecule has 0 saturated carbocycles. The van der Waals surface area contributed by atoms with E-state index >= 15 is 0 Å². The highest BCUT2D eigenvalue weighted by Crippen LogP contribution is 2.35. The number of allylic oxidation sites excluding steroid dienone is 5. The summed E-state index contributed by atoms with van der Waals surface area (Å²) < 4.78 is 0. The molecule has 0 heterocycles. The van der Waals surface area contributed by atoms with Crippen molar-refractivity contribution in [2.24, 2.45) is 0 Å². The number of rotatable bonds is 8. The maximum absolute atomic E-state index is 9.71. The van der Waals surface area contributed by atoms with Crippen LogP contribution < -0.4 is 0 Å². The number of hydrogen-bond donors (Lipinski definition) is 2. The molecular weight excluding hydrogens is 284 g/mol. The number of benzene rings is 1. The molecule has 0 aliphatic rings. The van der Waals surface area contributed by atoms with Gasteiger partial charge in [0.2, 0.25) is 0 Å². The maximum atomic E-state index is 9.71. The molecule has 1 rings (SSSR count). The lowest BCUT2D eigenvalue weighted by Crippen LogP contribution is -2.18. The molecule has 0 unspecified atom stereocenters. The summed E-state index contributed by atoms with van der Waals surface area (Å²) in [6.45, 7) is 12.5. The summed E-state index contributed by atoms with van der Waals surface area (Å²) in [6.07, 6.45) is 10.5. The Labute approximate surface area is 140 Å². The van der Waals surface area contributed by atoms with E-state index in [0.29, 0.717) is 0 Å². The van der Waals surface area contributed by atoms with Crippen LogP contribution in [0.4, 0.5) is 0 Å². The minimum Gasteiger partial charge on any atom is -0.504 e. The third kappa shape index (κ3) is 5.97. The lowest BCUT2D eigenvalue weighted by atomic mass is 9.78. The number of phenolic OH excluding ortho intramolecular Hbond substituents is 2. The fraction of sp³-hybridized carbons (Fsp3) is 0.429. The second kappa shape index (κ2) is 8.61. The molecule has 0 saturated heterocycles. The Morgan fingerprint density at radius 1 is 1.09 bits per heavy atom. The summed E-state index contributed by atoms with van der Waals surface area (Å²) in [4.78, 5) is 0. The molecule has 2 N–H and O–H groups in total. The molecule has 23 heavy (non-hydrogen) atoms. The van der Waals surface area contributed by atoms with Crippen LogP contribution >= 0.6 is 0 Å². The molecular formula is C21H30O2. The van der Waals surface area contributed by atoms with Gasteiger partial charge in [0.05, 0.1) is 0 Å². The molecule has 126 valence electrons. The van der Waals surface area contributed by atoms with Crippen molar-refractivity contribution in [3.05, 3.63) is 59.7 Å². The fourth-order valence-electron chi connectivity index (χ4n) is 2.55. The maximum Gasteiger partial charge on any atom is 0.157 e. The average molecular weight is 314 g/mol. The molecule has 1 aromatic carbocycles. The van der Waals surface area contributed by atoms with Crippen LogP contribution in [0.3, 0.4) is 0 Å². The van der Waals surface area contributed by atoms with E-state index in [1.807, 2.05) is 12.1 Å². The van der Waals surface area contributed by atoms with Gasteiger partial charge in [-0.25, -0.2) is 0 Å². The van der Waals surface area contributed by atoms with Gasteiger partial charge < -0.3 is 10.2 Å². The molecule has 0 bridgehead atoms. The van der Waals surface area contributed by atoms with Crippen LogP contribution in [0.2, 0.25) is 0 Å². The number of hydrogen-bond acceptors (Lipinski definition) is 2. The Bertz CT molecular complexity index is 592. The Morgan fingerprint density at radius 2 is 1.78 bits per heavy atom. The molecule has 0 aromatic heterocycles. The molecule has 2 heteroatoms.